The van der Waals surface area contributed by atoms with E-state index in [1.165, 1.54) is 41.4 Å². The standard InChI is InChI=1S/C14H15N.C10H10F2O.2C10H8F2O.C7H4F2O2.C6H4F2O.C4H6O.C3H7BO2/c1-3-7-13(8-4-1)11-15-12-14-9-5-2-6-10-14;2*1-6-2-3-7-4-5-8(11)9(12)10(7)13-6;1-3-7(2)13-9-6-4-5-8(11)10(9)12;8-5-2-1-4(3-10)7(11)6(5)9;7-4-2-1-3-5(9)6(4)8;1-3-4(2)5;1-2-3-4(5)6/h1-10,15H,11-12H2;4-6H,2-3H2,1H3;2-6H,1H3;1,4-7H,2H3;1-3,11H;1-3,9H;1,4-5H,2H3;2-3,5-6H,1H3/b;;;;;;;3-2+. The van der Waals surface area contributed by atoms with Gasteiger partial charge in [0.1, 0.15) is 12.2 Å². The van der Waals surface area contributed by atoms with Gasteiger partial charge >= 0.3 is 7.12 Å². The number of aliphatic hydroxyl groups is 1. The van der Waals surface area contributed by atoms with Gasteiger partial charge in [-0.05, 0) is 125 Å². The molecule has 4 unspecified atom stereocenters. The Balaban J connectivity index is 0.000000338. The van der Waals surface area contributed by atoms with Crippen LogP contribution in [-0.4, -0.2) is 63.2 Å². The van der Waals surface area contributed by atoms with Crippen molar-refractivity contribution in [3.8, 4) is 53.4 Å². The van der Waals surface area contributed by atoms with E-state index in [9.17, 15) is 48.7 Å². The number of carbonyl (C=O) groups excluding carboxylic acids is 1. The molecular formula is C64H62BF10NO9. The summed E-state index contributed by atoms with van der Waals surface area (Å²) in [5, 5.41) is 44.8. The summed E-state index contributed by atoms with van der Waals surface area (Å²) in [4.78, 5) is 10.0. The Bertz CT molecular complexity index is 3250. The van der Waals surface area contributed by atoms with Crippen LogP contribution in [0, 0.1) is 82.9 Å². The molecule has 0 bridgehead atoms. The number of terminal acetylenes is 2. The Morgan fingerprint density at radius 3 is 1.65 bits per heavy atom. The number of aldehydes is 1. The van der Waals surface area contributed by atoms with Crippen molar-refractivity contribution >= 4 is 19.5 Å². The second-order valence-electron chi connectivity index (χ2n) is 17.6. The Kier molecular flexibility index (Phi) is 32.9. The Labute approximate surface area is 487 Å². The van der Waals surface area contributed by atoms with Gasteiger partial charge in [-0.25, -0.2) is 22.0 Å². The van der Waals surface area contributed by atoms with Gasteiger partial charge in [-0.15, -0.1) is 12.8 Å². The third kappa shape index (κ3) is 26.4. The predicted octanol–water partition coefficient (Wildman–Crippen LogP) is 13.5. The minimum atomic E-state index is -1.39. The lowest BCUT2D eigenvalue weighted by Gasteiger charge is -2.23. The second kappa shape index (κ2) is 38.7. The number of nitrogens with one attached hydrogen (secondary N) is 1. The molecule has 0 fully saturated rings. The summed E-state index contributed by atoms with van der Waals surface area (Å²) in [6.07, 6.45) is 15.3. The molecule has 85 heavy (non-hydrogen) atoms. The smallest absolute Gasteiger partial charge is 0.480 e. The molecule has 0 radical (unpaired) electrons. The molecule has 0 spiro atoms. The number of hydrogen-bond donors (Lipinski definition) is 6. The Morgan fingerprint density at radius 1 is 0.647 bits per heavy atom. The number of fused-ring (bicyclic) bond motifs is 2. The Morgan fingerprint density at radius 2 is 1.15 bits per heavy atom. The number of carbonyl (C=O) groups is 1. The molecule has 9 rings (SSSR count). The number of halogens is 10. The van der Waals surface area contributed by atoms with E-state index >= 15 is 0 Å². The zero-order chi connectivity index (χ0) is 63.6. The third-order valence-corrected chi connectivity index (χ3v) is 10.8. The van der Waals surface area contributed by atoms with E-state index in [0.717, 1.165) is 74.0 Å². The highest BCUT2D eigenvalue weighted by Gasteiger charge is 2.22. The largest absolute Gasteiger partial charge is 0.505 e. The molecule has 4 atom stereocenters. The van der Waals surface area contributed by atoms with Gasteiger partial charge in [-0.1, -0.05) is 109 Å². The molecule has 7 aromatic rings. The van der Waals surface area contributed by atoms with Crippen LogP contribution < -0.4 is 19.5 Å². The van der Waals surface area contributed by atoms with Gasteiger partial charge < -0.3 is 44.9 Å². The van der Waals surface area contributed by atoms with Crippen molar-refractivity contribution in [3.05, 3.63) is 238 Å². The lowest BCUT2D eigenvalue weighted by Crippen LogP contribution is -2.20. The van der Waals surface area contributed by atoms with Crippen molar-refractivity contribution in [2.75, 3.05) is 0 Å². The van der Waals surface area contributed by atoms with Gasteiger partial charge in [0.05, 0.1) is 11.7 Å². The number of benzene rings is 7. The number of allylic oxidation sites excluding steroid dienone is 1. The van der Waals surface area contributed by atoms with Gasteiger partial charge in [-0.3, -0.25) is 4.79 Å². The molecule has 0 aliphatic carbocycles. The van der Waals surface area contributed by atoms with E-state index in [2.05, 4.69) is 72.1 Å². The SMILES string of the molecule is C#CC(C)O.C#CC(C)Oc1cccc(F)c1F.C/C=C/B(O)O.CC1C=Cc2ccc(F)c(F)c2O1.CC1CCc2ccc(F)c(F)c2O1.O=Cc1ccc(F)c(F)c1O.Oc1cccc(F)c1F.c1ccc(CNCc2ccccc2)cc1. The van der Waals surface area contributed by atoms with Crippen molar-refractivity contribution in [1.29, 1.82) is 0 Å². The molecule has 2 aliphatic heterocycles. The zero-order valence-electron chi connectivity index (χ0n) is 46.6. The molecule has 6 N–H and O–H groups in total. The second-order valence-corrected chi connectivity index (χ2v) is 17.6. The summed E-state index contributed by atoms with van der Waals surface area (Å²) in [6.45, 7) is 10.3. The first kappa shape index (κ1) is 72.1. The lowest BCUT2D eigenvalue weighted by atomic mass is 9.92. The van der Waals surface area contributed by atoms with Gasteiger partial charge in [0, 0.05) is 18.7 Å². The number of aliphatic hydroxyl groups excluding tert-OH is 1. The van der Waals surface area contributed by atoms with Gasteiger partial charge in [-0.2, -0.15) is 22.0 Å². The van der Waals surface area contributed by atoms with E-state index in [0.29, 0.717) is 5.56 Å². The summed E-state index contributed by atoms with van der Waals surface area (Å²) < 4.78 is 141. The van der Waals surface area contributed by atoms with Gasteiger partial charge in [0.2, 0.25) is 23.3 Å². The fourth-order valence-corrected chi connectivity index (χ4v) is 6.43. The number of hydrogen-bond acceptors (Lipinski definition) is 10. The van der Waals surface area contributed by atoms with E-state index in [1.807, 2.05) is 19.1 Å². The van der Waals surface area contributed by atoms with Crippen LogP contribution in [0.3, 0.4) is 0 Å². The fraction of sp³-hybridized carbons (Fsp3) is 0.203. The molecule has 0 saturated heterocycles. The van der Waals surface area contributed by atoms with E-state index < -0.39 is 89.0 Å². The quantitative estimate of drug-likeness (QED) is 0.0374. The van der Waals surface area contributed by atoms with Crippen molar-refractivity contribution < 1.29 is 88.3 Å². The first-order chi connectivity index (χ1) is 40.4. The van der Waals surface area contributed by atoms with Crippen LogP contribution in [0.1, 0.15) is 73.7 Å². The molecule has 7 aromatic carbocycles. The minimum Gasteiger partial charge on any atom is -0.505 e. The maximum absolute atomic E-state index is 13.2. The van der Waals surface area contributed by atoms with E-state index in [1.54, 1.807) is 52.0 Å². The summed E-state index contributed by atoms with van der Waals surface area (Å²) >= 11 is 0. The molecule has 10 nitrogen and oxygen atoms in total. The van der Waals surface area contributed by atoms with E-state index in [-0.39, 0.29) is 41.3 Å². The Hall–Kier alpha value is -8.99. The number of aromatic hydroxyl groups is 2. The molecule has 0 saturated carbocycles. The van der Waals surface area contributed by atoms with Crippen LogP contribution in [0.5, 0.6) is 28.7 Å². The number of phenols is 2. The minimum absolute atomic E-state index is 0.00926. The molecule has 2 aliphatic rings. The first-order valence-corrected chi connectivity index (χ1v) is 25.6. The van der Waals surface area contributed by atoms with Crippen LogP contribution in [-0.2, 0) is 19.5 Å². The average Bonchev–Trinajstić information content (AvgIpc) is 3.54. The molecule has 21 heteroatoms. The fourth-order valence-electron chi connectivity index (χ4n) is 6.43. The molecular weight excluding hydrogens is 1130 g/mol. The highest BCUT2D eigenvalue weighted by atomic mass is 19.2. The van der Waals surface area contributed by atoms with E-state index in [4.69, 9.17) is 46.0 Å². The third-order valence-electron chi connectivity index (χ3n) is 10.8. The van der Waals surface area contributed by atoms with Crippen LogP contribution in [0.15, 0.2) is 152 Å². The van der Waals surface area contributed by atoms with Gasteiger partial charge in [0.25, 0.3) is 0 Å². The normalized spacial score (nSPS) is 13.5. The van der Waals surface area contributed by atoms with Crippen molar-refractivity contribution in [3.63, 3.8) is 0 Å². The number of aryl methyl sites for hydroxylation is 1. The van der Waals surface area contributed by atoms with Crippen molar-refractivity contribution in [2.24, 2.45) is 0 Å². The zero-order valence-corrected chi connectivity index (χ0v) is 46.6. The van der Waals surface area contributed by atoms with Crippen LogP contribution in [0.2, 0.25) is 0 Å². The molecule has 0 aromatic heterocycles. The molecule has 450 valence electrons. The maximum atomic E-state index is 13.2. The van der Waals surface area contributed by atoms with Crippen molar-refractivity contribution in [1.82, 2.24) is 5.32 Å². The predicted molar refractivity (Wildman–Crippen MR) is 306 cm³/mol. The number of phenolic OH excluding ortho intramolecular Hbond substituents is 2. The summed E-state index contributed by atoms with van der Waals surface area (Å²) in [5.74, 6) is -6.28. The summed E-state index contributed by atoms with van der Waals surface area (Å²) in [5.41, 5.74) is 3.74. The molecule has 0 amide bonds. The maximum Gasteiger partial charge on any atom is 0.480 e. The average molecular weight is 1190 g/mol. The van der Waals surface area contributed by atoms with Gasteiger partial charge in [0.15, 0.2) is 76.0 Å². The summed E-state index contributed by atoms with van der Waals surface area (Å²) in [7, 11) is -1.28. The van der Waals surface area contributed by atoms with Crippen LogP contribution in [0.4, 0.5) is 43.9 Å². The molecule has 2 heterocycles. The highest BCUT2D eigenvalue weighted by Crippen LogP contribution is 2.32. The lowest BCUT2D eigenvalue weighted by molar-refractivity contribution is 0.111. The van der Waals surface area contributed by atoms with Crippen LogP contribution >= 0.6 is 0 Å². The van der Waals surface area contributed by atoms with Crippen LogP contribution in [0.25, 0.3) is 6.08 Å². The topological polar surface area (TPSA) is 158 Å². The summed E-state index contributed by atoms with van der Waals surface area (Å²) in [6, 6.07) is 35.0. The highest BCUT2D eigenvalue weighted by molar-refractivity contribution is 6.47. The number of ether oxygens (including phenoxy) is 3. The monoisotopic (exact) mass is 1190 g/mol. The number of rotatable bonds is 8. The van der Waals surface area contributed by atoms with Crippen molar-refractivity contribution in [2.45, 2.75) is 85.0 Å². The first-order valence-electron chi connectivity index (χ1n) is 25.6.